The van der Waals surface area contributed by atoms with E-state index in [1.54, 1.807) is 0 Å². The molecule has 0 atom stereocenters. The minimum absolute atomic E-state index is 0.110. The molecule has 1 aromatic carbocycles. The minimum atomic E-state index is -4.34. The molecule has 2 nitrogen and oxygen atoms in total. The van der Waals surface area contributed by atoms with E-state index >= 15 is 0 Å². The number of benzene rings is 1. The fourth-order valence-electron chi connectivity index (χ4n) is 2.27. The summed E-state index contributed by atoms with van der Waals surface area (Å²) in [5.41, 5.74) is 0.610. The van der Waals surface area contributed by atoms with Gasteiger partial charge in [0.05, 0.1) is 5.56 Å². The summed E-state index contributed by atoms with van der Waals surface area (Å²) in [7, 11) is 0. The van der Waals surface area contributed by atoms with Crippen molar-refractivity contribution in [1.29, 1.82) is 0 Å². The first-order valence-corrected chi connectivity index (χ1v) is 6.67. The van der Waals surface area contributed by atoms with Crippen molar-refractivity contribution in [2.24, 2.45) is 0 Å². The van der Waals surface area contributed by atoms with Crippen molar-refractivity contribution in [3.05, 3.63) is 29.3 Å². The van der Waals surface area contributed by atoms with Crippen LogP contribution in [0.4, 0.5) is 18.9 Å². The van der Waals surface area contributed by atoms with Crippen molar-refractivity contribution in [3.63, 3.8) is 0 Å². The van der Waals surface area contributed by atoms with Crippen molar-refractivity contribution in [2.45, 2.75) is 31.0 Å². The molecule has 0 bridgehead atoms. The molecule has 0 aliphatic carbocycles. The summed E-state index contributed by atoms with van der Waals surface area (Å²) in [5.74, 6) is 0.189. The van der Waals surface area contributed by atoms with E-state index in [1.165, 1.54) is 12.1 Å². The molecule has 1 aliphatic heterocycles. The second kappa shape index (κ2) is 5.59. The first-order valence-electron chi connectivity index (χ1n) is 6.14. The largest absolute Gasteiger partial charge is 0.443 e. The monoisotopic (exact) mass is 294 g/mol. The average molecular weight is 295 g/mol. The lowest BCUT2D eigenvalue weighted by atomic mass is 10.0. The molecule has 1 saturated heterocycles. The predicted octanol–water partition coefficient (Wildman–Crippen LogP) is 3.14. The molecule has 0 radical (unpaired) electrons. The first-order chi connectivity index (χ1) is 8.91. The average Bonchev–Trinajstić information content (AvgIpc) is 2.38. The van der Waals surface area contributed by atoms with Crippen LogP contribution in [0.2, 0.25) is 0 Å². The van der Waals surface area contributed by atoms with Crippen molar-refractivity contribution in [1.82, 2.24) is 0 Å². The van der Waals surface area contributed by atoms with Gasteiger partial charge in [-0.25, -0.2) is 0 Å². The maximum atomic E-state index is 12.8. The molecule has 0 saturated carbocycles. The Morgan fingerprint density at radius 3 is 2.42 bits per heavy atom. The molecule has 1 aliphatic rings. The van der Waals surface area contributed by atoms with E-state index in [1.807, 2.05) is 4.90 Å². The summed E-state index contributed by atoms with van der Waals surface area (Å²) in [5, 5.41) is 7.63. The Labute approximate surface area is 114 Å². The third-order valence-electron chi connectivity index (χ3n) is 3.39. The van der Waals surface area contributed by atoms with Gasteiger partial charge in [0.25, 0.3) is 0 Å². The molecule has 106 valence electrons. The summed E-state index contributed by atoms with van der Waals surface area (Å²) in [6.07, 6.45) is -3.09. The van der Waals surface area contributed by atoms with Crippen LogP contribution >= 0.6 is 11.6 Å². The van der Waals surface area contributed by atoms with E-state index in [0.29, 0.717) is 37.2 Å². The van der Waals surface area contributed by atoms with Gasteiger partial charge in [-0.1, -0.05) is 6.07 Å². The van der Waals surface area contributed by atoms with Crippen LogP contribution in [-0.2, 0) is 12.1 Å². The van der Waals surface area contributed by atoms with E-state index in [-0.39, 0.29) is 12.0 Å². The van der Waals surface area contributed by atoms with Crippen molar-refractivity contribution in [3.8, 4) is 0 Å². The highest BCUT2D eigenvalue weighted by Crippen LogP contribution is 2.34. The van der Waals surface area contributed by atoms with Gasteiger partial charge in [0.15, 0.2) is 6.10 Å². The van der Waals surface area contributed by atoms with Crippen LogP contribution in [0.5, 0.6) is 0 Å². The predicted molar refractivity (Wildman–Crippen MR) is 69.8 cm³/mol. The SMILES string of the molecule is [OH2+]C1CCN(c2cc(C(F)(F)F)ccc2CCl)CC1. The van der Waals surface area contributed by atoms with Gasteiger partial charge in [0, 0.05) is 37.5 Å². The van der Waals surface area contributed by atoms with E-state index in [2.05, 4.69) is 0 Å². The Morgan fingerprint density at radius 2 is 1.89 bits per heavy atom. The number of piperidine rings is 1. The fourth-order valence-corrected chi connectivity index (χ4v) is 2.49. The van der Waals surface area contributed by atoms with Gasteiger partial charge < -0.3 is 10.0 Å². The van der Waals surface area contributed by atoms with Crippen molar-refractivity contribution in [2.75, 3.05) is 18.0 Å². The van der Waals surface area contributed by atoms with Crippen LogP contribution in [0.15, 0.2) is 18.2 Å². The quantitative estimate of drug-likeness (QED) is 0.608. The minimum Gasteiger partial charge on any atom is -0.443 e. The van der Waals surface area contributed by atoms with E-state index in [0.717, 1.165) is 6.07 Å². The first kappa shape index (κ1) is 14.5. The second-order valence-corrected chi connectivity index (χ2v) is 5.00. The Hall–Kier alpha value is -0.940. The molecule has 1 heterocycles. The summed E-state index contributed by atoms with van der Waals surface area (Å²) < 4.78 is 38.3. The Bertz CT molecular complexity index is 442. The molecular formula is C13H16ClF3NO+. The topological polar surface area (TPSA) is 26.1 Å². The van der Waals surface area contributed by atoms with Crippen LogP contribution in [-0.4, -0.2) is 24.3 Å². The number of alkyl halides is 4. The molecule has 2 rings (SSSR count). The van der Waals surface area contributed by atoms with E-state index < -0.39 is 11.7 Å². The maximum absolute atomic E-state index is 12.8. The number of halogens is 4. The molecule has 19 heavy (non-hydrogen) atoms. The lowest BCUT2D eigenvalue weighted by molar-refractivity contribution is -0.137. The van der Waals surface area contributed by atoms with Crippen molar-refractivity contribution < 1.29 is 18.3 Å². The molecule has 0 aromatic heterocycles. The number of hydrogen-bond donors (Lipinski definition) is 0. The maximum Gasteiger partial charge on any atom is 0.416 e. The van der Waals surface area contributed by atoms with E-state index in [9.17, 15) is 13.2 Å². The summed E-state index contributed by atoms with van der Waals surface area (Å²) in [4.78, 5) is 1.90. The number of nitrogens with zero attached hydrogens (tertiary/aromatic N) is 1. The molecular weight excluding hydrogens is 279 g/mol. The van der Waals surface area contributed by atoms with Crippen molar-refractivity contribution >= 4 is 17.3 Å². The number of anilines is 1. The van der Waals surface area contributed by atoms with Crippen LogP contribution in [0.1, 0.15) is 24.0 Å². The third kappa shape index (κ3) is 3.34. The Balaban J connectivity index is 2.31. The number of hydrogen-bond acceptors (Lipinski definition) is 1. The molecule has 0 unspecified atom stereocenters. The zero-order valence-corrected chi connectivity index (χ0v) is 11.1. The van der Waals surface area contributed by atoms with Gasteiger partial charge in [-0.3, -0.25) is 0 Å². The Morgan fingerprint density at radius 1 is 1.26 bits per heavy atom. The standard InChI is InChI=1S/C13H15ClF3NO/c14-8-9-1-2-10(13(15,16)17)7-12(9)18-5-3-11(19)4-6-18/h1-2,7,11,19H,3-6,8H2/p+1. The van der Waals surface area contributed by atoms with Gasteiger partial charge in [-0.2, -0.15) is 13.2 Å². The normalized spacial score (nSPS) is 17.8. The molecule has 2 N–H and O–H groups in total. The highest BCUT2D eigenvalue weighted by molar-refractivity contribution is 6.17. The highest BCUT2D eigenvalue weighted by Gasteiger charge is 2.32. The van der Waals surface area contributed by atoms with Gasteiger partial charge in [0.1, 0.15) is 0 Å². The van der Waals surface area contributed by atoms with Gasteiger partial charge in [-0.15, -0.1) is 11.6 Å². The fraction of sp³-hybridized carbons (Fsp3) is 0.538. The molecule has 1 aromatic rings. The summed E-state index contributed by atoms with van der Waals surface area (Å²) in [6, 6.07) is 3.68. The zero-order valence-electron chi connectivity index (χ0n) is 10.3. The lowest BCUT2D eigenvalue weighted by Gasteiger charge is -2.31. The third-order valence-corrected chi connectivity index (χ3v) is 3.68. The van der Waals surface area contributed by atoms with Gasteiger partial charge in [0.2, 0.25) is 0 Å². The summed E-state index contributed by atoms with van der Waals surface area (Å²) in [6.45, 7) is 1.22. The van der Waals surface area contributed by atoms with Crippen LogP contribution < -0.4 is 4.90 Å². The van der Waals surface area contributed by atoms with Crippen LogP contribution in [0, 0.1) is 0 Å². The molecule has 1 fully saturated rings. The summed E-state index contributed by atoms with van der Waals surface area (Å²) >= 11 is 5.80. The van der Waals surface area contributed by atoms with Gasteiger partial charge >= 0.3 is 6.18 Å². The van der Waals surface area contributed by atoms with Crippen LogP contribution in [0.3, 0.4) is 0 Å². The second-order valence-electron chi connectivity index (χ2n) is 4.74. The smallest absolute Gasteiger partial charge is 0.416 e. The molecule has 0 amide bonds. The number of rotatable bonds is 2. The van der Waals surface area contributed by atoms with Crippen LogP contribution in [0.25, 0.3) is 0 Å². The van der Waals surface area contributed by atoms with Gasteiger partial charge in [-0.05, 0) is 17.7 Å². The highest BCUT2D eigenvalue weighted by atomic mass is 35.5. The molecule has 6 heteroatoms. The lowest BCUT2D eigenvalue weighted by Crippen LogP contribution is -2.36. The van der Waals surface area contributed by atoms with E-state index in [4.69, 9.17) is 16.7 Å². The zero-order chi connectivity index (χ0) is 14.0. The molecule has 0 spiro atoms. The Kier molecular flexibility index (Phi) is 4.26.